The number of carbonyl (C=O) groups excluding carboxylic acids is 1. The molecule has 0 fully saturated rings. The molecule has 1 unspecified atom stereocenters. The van der Waals surface area contributed by atoms with Gasteiger partial charge in [0.25, 0.3) is 0 Å². The highest BCUT2D eigenvalue weighted by molar-refractivity contribution is 6.31. The lowest BCUT2D eigenvalue weighted by molar-refractivity contribution is -0.139. The van der Waals surface area contributed by atoms with Gasteiger partial charge in [-0.2, -0.15) is 13.2 Å². The highest BCUT2D eigenvalue weighted by Crippen LogP contribution is 2.35. The minimum Gasteiger partial charge on any atom is -0.481 e. The first-order chi connectivity index (χ1) is 13.5. The van der Waals surface area contributed by atoms with Crippen molar-refractivity contribution in [3.8, 4) is 11.1 Å². The van der Waals surface area contributed by atoms with Crippen molar-refractivity contribution >= 4 is 23.4 Å². The lowest BCUT2D eigenvalue weighted by atomic mass is 9.93. The van der Waals surface area contributed by atoms with Gasteiger partial charge < -0.3 is 10.4 Å². The van der Waals surface area contributed by atoms with Crippen molar-refractivity contribution in [2.45, 2.75) is 38.9 Å². The number of aliphatic carboxylic acids is 1. The maximum absolute atomic E-state index is 13.2. The summed E-state index contributed by atoms with van der Waals surface area (Å²) in [5.41, 5.74) is 1.08. The second kappa shape index (κ2) is 9.41. The fourth-order valence-corrected chi connectivity index (χ4v) is 3.09. The number of carboxylic acids is 1. The van der Waals surface area contributed by atoms with Crippen molar-refractivity contribution in [3.05, 3.63) is 58.1 Å². The van der Waals surface area contributed by atoms with Gasteiger partial charge in [0.05, 0.1) is 11.5 Å². The normalized spacial score (nSPS) is 12.6. The number of nitrogens with one attached hydrogen (secondary N) is 1. The van der Waals surface area contributed by atoms with Crippen LogP contribution in [0.1, 0.15) is 42.9 Å². The van der Waals surface area contributed by atoms with Gasteiger partial charge in [0.1, 0.15) is 5.78 Å². The number of alkyl halides is 3. The maximum atomic E-state index is 13.2. The van der Waals surface area contributed by atoms with Gasteiger partial charge in [-0.1, -0.05) is 23.7 Å². The summed E-state index contributed by atoms with van der Waals surface area (Å²) in [7, 11) is 0. The summed E-state index contributed by atoms with van der Waals surface area (Å²) < 4.78 is 39.5. The Labute approximate surface area is 171 Å². The molecule has 2 aromatic rings. The molecule has 29 heavy (non-hydrogen) atoms. The summed E-state index contributed by atoms with van der Waals surface area (Å²) in [5.74, 6) is -1.88. The van der Waals surface area contributed by atoms with Gasteiger partial charge in [0.15, 0.2) is 0 Å². The van der Waals surface area contributed by atoms with Crippen LogP contribution >= 0.6 is 11.6 Å². The predicted molar refractivity (Wildman–Crippen MR) is 105 cm³/mol. The third-order valence-corrected chi connectivity index (χ3v) is 4.72. The predicted octanol–water partition coefficient (Wildman–Crippen LogP) is 5.28. The second-order valence-corrected chi connectivity index (χ2v) is 7.27. The quantitative estimate of drug-likeness (QED) is 0.562. The Morgan fingerprint density at radius 1 is 1.17 bits per heavy atom. The average Bonchev–Trinajstić information content (AvgIpc) is 2.63. The first kappa shape index (κ1) is 22.9. The zero-order valence-electron chi connectivity index (χ0n) is 15.9. The minimum atomic E-state index is -4.50. The molecule has 0 aliphatic heterocycles. The van der Waals surface area contributed by atoms with Crippen LogP contribution in [-0.4, -0.2) is 23.4 Å². The van der Waals surface area contributed by atoms with Gasteiger partial charge in [-0.15, -0.1) is 0 Å². The molecule has 156 valence electrons. The Morgan fingerprint density at radius 3 is 2.45 bits per heavy atom. The van der Waals surface area contributed by atoms with E-state index >= 15 is 0 Å². The number of Topliss-reactive ketones (excluding diaryl/α,β-unsaturated/α-hetero) is 1. The number of benzene rings is 2. The number of carbonyl (C=O) groups is 2. The molecule has 4 nitrogen and oxygen atoms in total. The topological polar surface area (TPSA) is 66.4 Å². The van der Waals surface area contributed by atoms with Crippen LogP contribution in [0, 0.1) is 0 Å². The molecule has 0 heterocycles. The first-order valence-electron chi connectivity index (χ1n) is 8.93. The van der Waals surface area contributed by atoms with Gasteiger partial charge in [-0.05, 0) is 60.4 Å². The fourth-order valence-electron chi connectivity index (χ4n) is 2.85. The highest BCUT2D eigenvalue weighted by atomic mass is 35.5. The molecule has 0 radical (unpaired) electrons. The number of halogens is 4. The summed E-state index contributed by atoms with van der Waals surface area (Å²) >= 11 is 6.14. The molecule has 0 saturated heterocycles. The van der Waals surface area contributed by atoms with Crippen LogP contribution < -0.4 is 5.32 Å². The lowest BCUT2D eigenvalue weighted by Gasteiger charge is -2.16. The Balaban J connectivity index is 2.47. The van der Waals surface area contributed by atoms with E-state index in [1.165, 1.54) is 26.0 Å². The van der Waals surface area contributed by atoms with Crippen molar-refractivity contribution in [2.75, 3.05) is 6.54 Å². The molecule has 0 saturated carbocycles. The smallest absolute Gasteiger partial charge is 0.416 e. The first-order valence-corrected chi connectivity index (χ1v) is 9.30. The van der Waals surface area contributed by atoms with Gasteiger partial charge in [-0.25, -0.2) is 0 Å². The summed E-state index contributed by atoms with van der Waals surface area (Å²) in [6.07, 6.45) is -4.23. The van der Waals surface area contributed by atoms with Crippen molar-refractivity contribution in [3.63, 3.8) is 0 Å². The Bertz CT molecular complexity index is 913. The SMILES string of the molecule is CC(=O)CCNCc1cc(C(F)(F)F)ccc1-c1cc(Cl)cc(C(C)C(=O)O)c1. The third-order valence-electron chi connectivity index (χ3n) is 4.50. The van der Waals surface area contributed by atoms with E-state index in [2.05, 4.69) is 5.32 Å². The molecule has 0 aliphatic carbocycles. The van der Waals surface area contributed by atoms with E-state index in [9.17, 15) is 27.9 Å². The van der Waals surface area contributed by atoms with E-state index in [-0.39, 0.29) is 18.7 Å². The van der Waals surface area contributed by atoms with E-state index in [0.717, 1.165) is 12.1 Å². The molecular weight excluding hydrogens is 407 g/mol. The number of rotatable bonds is 8. The fraction of sp³-hybridized carbons (Fsp3) is 0.333. The summed E-state index contributed by atoms with van der Waals surface area (Å²) in [4.78, 5) is 22.4. The summed E-state index contributed by atoms with van der Waals surface area (Å²) in [6, 6.07) is 8.12. The molecule has 2 rings (SSSR count). The Morgan fingerprint density at radius 2 is 1.86 bits per heavy atom. The third kappa shape index (κ3) is 6.30. The molecule has 0 aliphatic rings. The van der Waals surface area contributed by atoms with Crippen molar-refractivity contribution in [1.29, 1.82) is 0 Å². The molecule has 0 amide bonds. The largest absolute Gasteiger partial charge is 0.481 e. The van der Waals surface area contributed by atoms with E-state index in [0.29, 0.717) is 33.8 Å². The van der Waals surface area contributed by atoms with Crippen molar-refractivity contribution in [2.24, 2.45) is 0 Å². The van der Waals surface area contributed by atoms with Crippen LogP contribution in [-0.2, 0) is 22.3 Å². The van der Waals surface area contributed by atoms with Gasteiger partial charge >= 0.3 is 12.1 Å². The molecular formula is C21H21ClF3NO3. The van der Waals surface area contributed by atoms with E-state index in [1.54, 1.807) is 12.1 Å². The van der Waals surface area contributed by atoms with Crippen LogP contribution in [0.15, 0.2) is 36.4 Å². The number of hydrogen-bond donors (Lipinski definition) is 2. The number of ketones is 1. The molecule has 2 N–H and O–H groups in total. The second-order valence-electron chi connectivity index (χ2n) is 6.83. The zero-order chi connectivity index (χ0) is 21.8. The summed E-state index contributed by atoms with van der Waals surface area (Å²) in [6.45, 7) is 3.40. The van der Waals surface area contributed by atoms with Gasteiger partial charge in [-0.3, -0.25) is 9.59 Å². The van der Waals surface area contributed by atoms with Crippen LogP contribution in [0.2, 0.25) is 5.02 Å². The molecule has 2 aromatic carbocycles. The van der Waals surface area contributed by atoms with E-state index < -0.39 is 23.6 Å². The van der Waals surface area contributed by atoms with Gasteiger partial charge in [0.2, 0.25) is 0 Å². The van der Waals surface area contributed by atoms with Crippen molar-refractivity contribution < 1.29 is 27.9 Å². The van der Waals surface area contributed by atoms with Gasteiger partial charge in [0, 0.05) is 24.5 Å². The molecule has 0 aromatic heterocycles. The van der Waals surface area contributed by atoms with Crippen LogP contribution in [0.3, 0.4) is 0 Å². The zero-order valence-corrected chi connectivity index (χ0v) is 16.7. The highest BCUT2D eigenvalue weighted by Gasteiger charge is 2.31. The molecule has 8 heteroatoms. The monoisotopic (exact) mass is 427 g/mol. The number of carboxylic acid groups (broad SMARTS) is 1. The maximum Gasteiger partial charge on any atom is 0.416 e. The van der Waals surface area contributed by atoms with E-state index in [1.807, 2.05) is 0 Å². The molecule has 0 spiro atoms. The number of hydrogen-bond acceptors (Lipinski definition) is 3. The van der Waals surface area contributed by atoms with E-state index in [4.69, 9.17) is 11.6 Å². The summed E-state index contributed by atoms with van der Waals surface area (Å²) in [5, 5.41) is 12.5. The van der Waals surface area contributed by atoms with Crippen LogP contribution in [0.5, 0.6) is 0 Å². The van der Waals surface area contributed by atoms with Crippen molar-refractivity contribution in [1.82, 2.24) is 5.32 Å². The Hall–Kier alpha value is -2.38. The molecule has 0 bridgehead atoms. The average molecular weight is 428 g/mol. The molecule has 1 atom stereocenters. The lowest BCUT2D eigenvalue weighted by Crippen LogP contribution is -2.18. The van der Waals surface area contributed by atoms with Crippen LogP contribution in [0.4, 0.5) is 13.2 Å². The van der Waals surface area contributed by atoms with Crippen LogP contribution in [0.25, 0.3) is 11.1 Å². The minimum absolute atomic E-state index is 0.0242. The Kier molecular flexibility index (Phi) is 7.43. The standard InChI is InChI=1S/C21H21ClF3NO3/c1-12(27)5-6-26-11-16-8-17(21(23,24)25)3-4-19(16)15-7-14(9-18(22)10-15)13(2)20(28)29/h3-4,7-10,13,26H,5-6,11H2,1-2H3,(H,28,29).